The van der Waals surface area contributed by atoms with E-state index in [1.54, 1.807) is 11.8 Å². The van der Waals surface area contributed by atoms with Crippen molar-refractivity contribution in [2.75, 3.05) is 0 Å². The van der Waals surface area contributed by atoms with Crippen LogP contribution in [0.25, 0.3) is 0 Å². The average Bonchev–Trinajstić information content (AvgIpc) is 2.89. The molecule has 20 heavy (non-hydrogen) atoms. The van der Waals surface area contributed by atoms with Crippen LogP contribution in [0.3, 0.4) is 0 Å². The second kappa shape index (κ2) is 5.30. The van der Waals surface area contributed by atoms with Crippen molar-refractivity contribution in [1.82, 2.24) is 4.98 Å². The largest absolute Gasteiger partial charge is 0.244 e. The molecule has 1 aromatic carbocycles. The van der Waals surface area contributed by atoms with E-state index in [0.29, 0.717) is 5.56 Å². The van der Waals surface area contributed by atoms with Gasteiger partial charge in [-0.05, 0) is 61.9 Å². The van der Waals surface area contributed by atoms with Crippen LogP contribution >= 0.6 is 11.8 Å². The molecule has 0 radical (unpaired) electrons. The van der Waals surface area contributed by atoms with Crippen molar-refractivity contribution in [3.63, 3.8) is 0 Å². The summed E-state index contributed by atoms with van der Waals surface area (Å²) in [5, 5.41) is 10.2. The second-order valence-corrected chi connectivity index (χ2v) is 6.31. The molecule has 1 aromatic heterocycles. The van der Waals surface area contributed by atoms with Gasteiger partial charge >= 0.3 is 0 Å². The van der Waals surface area contributed by atoms with Crippen molar-refractivity contribution in [3.05, 3.63) is 52.2 Å². The molecular weight excluding hydrogens is 264 g/mol. The third-order valence-electron chi connectivity index (χ3n) is 3.69. The quantitative estimate of drug-likeness (QED) is 0.827. The highest BCUT2D eigenvalue weighted by Crippen LogP contribution is 2.34. The third-order valence-corrected chi connectivity index (χ3v) is 4.85. The van der Waals surface area contributed by atoms with Gasteiger partial charge in [0, 0.05) is 10.6 Å². The lowest BCUT2D eigenvalue weighted by Gasteiger charge is -2.09. The highest BCUT2D eigenvalue weighted by atomic mass is 32.2. The first-order valence-corrected chi connectivity index (χ1v) is 7.67. The van der Waals surface area contributed by atoms with E-state index < -0.39 is 0 Å². The Morgan fingerprint density at radius 2 is 2.05 bits per heavy atom. The Bertz CT molecular complexity index is 714. The van der Waals surface area contributed by atoms with Crippen LogP contribution in [0, 0.1) is 25.2 Å². The summed E-state index contributed by atoms with van der Waals surface area (Å²) in [6, 6.07) is 10.7. The predicted molar refractivity (Wildman–Crippen MR) is 81.0 cm³/mol. The molecule has 2 nitrogen and oxygen atoms in total. The van der Waals surface area contributed by atoms with Gasteiger partial charge in [0.1, 0.15) is 11.1 Å². The smallest absolute Gasteiger partial charge is 0.119 e. The van der Waals surface area contributed by atoms with E-state index in [-0.39, 0.29) is 0 Å². The van der Waals surface area contributed by atoms with Crippen LogP contribution in [-0.2, 0) is 12.8 Å². The van der Waals surface area contributed by atoms with Gasteiger partial charge in [-0.3, -0.25) is 0 Å². The number of rotatable bonds is 2. The monoisotopic (exact) mass is 280 g/mol. The number of benzene rings is 1. The first-order chi connectivity index (χ1) is 9.67. The van der Waals surface area contributed by atoms with Crippen LogP contribution in [0.2, 0.25) is 0 Å². The fourth-order valence-electron chi connectivity index (χ4n) is 2.53. The molecule has 0 spiro atoms. The van der Waals surface area contributed by atoms with Gasteiger partial charge in [0.25, 0.3) is 0 Å². The zero-order valence-corrected chi connectivity index (χ0v) is 12.5. The number of nitriles is 1. The number of pyridine rings is 1. The van der Waals surface area contributed by atoms with Crippen LogP contribution in [0.15, 0.2) is 34.2 Å². The Balaban J connectivity index is 2.02. The minimum Gasteiger partial charge on any atom is -0.244 e. The molecule has 100 valence electrons. The molecule has 0 amide bonds. The maximum Gasteiger partial charge on any atom is 0.119 e. The zero-order chi connectivity index (χ0) is 14.1. The summed E-state index contributed by atoms with van der Waals surface area (Å²) in [6.45, 7) is 4.19. The van der Waals surface area contributed by atoms with Crippen molar-refractivity contribution in [3.8, 4) is 6.07 Å². The minimum atomic E-state index is 0.705. The number of hydrogen-bond donors (Lipinski definition) is 0. The summed E-state index contributed by atoms with van der Waals surface area (Å²) in [7, 11) is 0. The number of aryl methyl sites for hydroxylation is 4. The minimum absolute atomic E-state index is 0.705. The molecule has 1 aliphatic rings. The summed E-state index contributed by atoms with van der Waals surface area (Å²) >= 11 is 1.61. The summed E-state index contributed by atoms with van der Waals surface area (Å²) in [6.07, 6.45) is 3.26. The van der Waals surface area contributed by atoms with Gasteiger partial charge in [-0.1, -0.05) is 23.9 Å². The normalized spacial score (nSPS) is 13.1. The molecule has 0 saturated heterocycles. The lowest BCUT2D eigenvalue weighted by atomic mass is 10.2. The van der Waals surface area contributed by atoms with Crippen LogP contribution in [-0.4, -0.2) is 4.98 Å². The first-order valence-electron chi connectivity index (χ1n) is 6.85. The lowest BCUT2D eigenvalue weighted by Crippen LogP contribution is -1.95. The van der Waals surface area contributed by atoms with E-state index >= 15 is 0 Å². The zero-order valence-electron chi connectivity index (χ0n) is 11.7. The van der Waals surface area contributed by atoms with Gasteiger partial charge in [-0.2, -0.15) is 5.26 Å². The van der Waals surface area contributed by atoms with E-state index in [1.807, 2.05) is 6.07 Å². The van der Waals surface area contributed by atoms with Gasteiger partial charge in [0.05, 0.1) is 5.56 Å². The van der Waals surface area contributed by atoms with Crippen LogP contribution in [0.5, 0.6) is 0 Å². The molecule has 0 bridgehead atoms. The molecule has 0 aliphatic heterocycles. The van der Waals surface area contributed by atoms with Crippen LogP contribution in [0.4, 0.5) is 0 Å². The maximum atomic E-state index is 9.35. The SMILES string of the molecule is Cc1ccc(C)c(Sc2nc3c(cc2C#N)CCC3)c1. The molecule has 1 aliphatic carbocycles. The van der Waals surface area contributed by atoms with Gasteiger partial charge in [0.2, 0.25) is 0 Å². The first kappa shape index (κ1) is 13.2. The lowest BCUT2D eigenvalue weighted by molar-refractivity contribution is 0.891. The Hall–Kier alpha value is -1.79. The third kappa shape index (κ3) is 2.44. The van der Waals surface area contributed by atoms with Crippen molar-refractivity contribution >= 4 is 11.8 Å². The van der Waals surface area contributed by atoms with E-state index in [0.717, 1.165) is 24.3 Å². The van der Waals surface area contributed by atoms with Crippen LogP contribution < -0.4 is 0 Å². The second-order valence-electron chi connectivity index (χ2n) is 5.28. The molecular formula is C17H16N2S. The summed E-state index contributed by atoms with van der Waals surface area (Å²) in [5.74, 6) is 0. The number of fused-ring (bicyclic) bond motifs is 1. The molecule has 2 aromatic rings. The summed E-state index contributed by atoms with van der Waals surface area (Å²) in [5.41, 5.74) is 5.60. The Kier molecular flexibility index (Phi) is 3.50. The van der Waals surface area contributed by atoms with Gasteiger partial charge in [0.15, 0.2) is 0 Å². The summed E-state index contributed by atoms with van der Waals surface area (Å²) in [4.78, 5) is 5.92. The molecule has 0 N–H and O–H groups in total. The van der Waals surface area contributed by atoms with E-state index in [1.165, 1.54) is 27.3 Å². The van der Waals surface area contributed by atoms with Gasteiger partial charge < -0.3 is 0 Å². The van der Waals surface area contributed by atoms with Crippen molar-refractivity contribution in [1.29, 1.82) is 5.26 Å². The topological polar surface area (TPSA) is 36.7 Å². The highest BCUT2D eigenvalue weighted by Gasteiger charge is 2.17. The molecule has 0 saturated carbocycles. The van der Waals surface area contributed by atoms with E-state index in [9.17, 15) is 5.26 Å². The molecule has 0 fully saturated rings. The molecule has 3 rings (SSSR count). The van der Waals surface area contributed by atoms with Crippen molar-refractivity contribution < 1.29 is 0 Å². The molecule has 0 atom stereocenters. The number of hydrogen-bond acceptors (Lipinski definition) is 3. The van der Waals surface area contributed by atoms with Gasteiger partial charge in [-0.25, -0.2) is 4.98 Å². The highest BCUT2D eigenvalue weighted by molar-refractivity contribution is 7.99. The maximum absolute atomic E-state index is 9.35. The molecule has 3 heteroatoms. The van der Waals surface area contributed by atoms with E-state index in [2.05, 4.69) is 38.1 Å². The fraction of sp³-hybridized carbons (Fsp3) is 0.294. The average molecular weight is 280 g/mol. The number of nitrogens with zero attached hydrogens (tertiary/aromatic N) is 2. The Morgan fingerprint density at radius 3 is 2.85 bits per heavy atom. The van der Waals surface area contributed by atoms with Crippen molar-refractivity contribution in [2.45, 2.75) is 43.0 Å². The fourth-order valence-corrected chi connectivity index (χ4v) is 3.58. The Morgan fingerprint density at radius 1 is 1.20 bits per heavy atom. The van der Waals surface area contributed by atoms with Crippen LogP contribution in [0.1, 0.15) is 34.4 Å². The van der Waals surface area contributed by atoms with Gasteiger partial charge in [-0.15, -0.1) is 0 Å². The summed E-state index contributed by atoms with van der Waals surface area (Å²) < 4.78 is 0. The Labute approximate surface area is 123 Å². The molecule has 0 unspecified atom stereocenters. The standard InChI is InChI=1S/C17H16N2S/c1-11-6-7-12(2)16(8-11)20-17-14(10-18)9-13-4-3-5-15(13)19-17/h6-9H,3-5H2,1-2H3. The molecule has 1 heterocycles. The number of aromatic nitrogens is 1. The van der Waals surface area contributed by atoms with Crippen molar-refractivity contribution in [2.24, 2.45) is 0 Å². The predicted octanol–water partition coefficient (Wildman–Crippen LogP) is 4.21. The van der Waals surface area contributed by atoms with E-state index in [4.69, 9.17) is 4.98 Å².